The van der Waals surface area contributed by atoms with Crippen molar-refractivity contribution in [2.45, 2.75) is 50.1 Å². The van der Waals surface area contributed by atoms with Crippen LogP contribution in [0.2, 0.25) is 0 Å². The van der Waals surface area contributed by atoms with Crippen LogP contribution in [-0.2, 0) is 0 Å². The Balaban J connectivity index is 1.35. The quantitative estimate of drug-likeness (QED) is 0.806. The molecule has 1 aromatic carbocycles. The average molecular weight is 359 g/mol. The van der Waals surface area contributed by atoms with Gasteiger partial charge in [0.1, 0.15) is 0 Å². The fraction of sp³-hybridized carbons (Fsp3) is 0.391. The van der Waals surface area contributed by atoms with E-state index in [0.29, 0.717) is 18.2 Å². The first-order chi connectivity index (χ1) is 13.2. The van der Waals surface area contributed by atoms with Crippen molar-refractivity contribution < 1.29 is 4.79 Å². The van der Waals surface area contributed by atoms with Gasteiger partial charge in [0.2, 0.25) is 0 Å². The normalized spacial score (nSPS) is 17.8. The third kappa shape index (κ3) is 4.75. The molecule has 2 fully saturated rings. The average Bonchev–Trinajstić information content (AvgIpc) is 3.40. The SMILES string of the molecule is O=C(NCC1(NC2CC2)CCCC1)c1ccc(C#Cc2ccncc2)cc1. The molecule has 1 amide bonds. The Kier molecular flexibility index (Phi) is 5.22. The standard InChI is InChI=1S/C23H25N3O/c27-22(25-17-23(13-1-2-14-23)26-21-9-10-21)20-7-5-18(6-8-20)3-4-19-11-15-24-16-12-19/h5-8,11-12,15-16,21,26H,1-2,9-10,13-14,17H2,(H,25,27). The lowest BCUT2D eigenvalue weighted by atomic mass is 9.97. The van der Waals surface area contributed by atoms with Gasteiger partial charge in [-0.05, 0) is 62.1 Å². The molecule has 0 spiro atoms. The second-order valence-electron chi connectivity index (χ2n) is 7.65. The van der Waals surface area contributed by atoms with Crippen molar-refractivity contribution in [2.24, 2.45) is 0 Å². The van der Waals surface area contributed by atoms with E-state index in [2.05, 4.69) is 27.5 Å². The van der Waals surface area contributed by atoms with Crippen molar-refractivity contribution in [1.82, 2.24) is 15.6 Å². The van der Waals surface area contributed by atoms with Gasteiger partial charge in [0.25, 0.3) is 5.91 Å². The molecule has 2 N–H and O–H groups in total. The number of aromatic nitrogens is 1. The first-order valence-electron chi connectivity index (χ1n) is 9.81. The van der Waals surface area contributed by atoms with Gasteiger partial charge in [0.05, 0.1) is 0 Å². The highest BCUT2D eigenvalue weighted by Gasteiger charge is 2.38. The van der Waals surface area contributed by atoms with Crippen LogP contribution in [0.5, 0.6) is 0 Å². The molecule has 27 heavy (non-hydrogen) atoms. The van der Waals surface area contributed by atoms with E-state index < -0.39 is 0 Å². The lowest BCUT2D eigenvalue weighted by molar-refractivity contribution is 0.0938. The number of hydrogen-bond acceptors (Lipinski definition) is 3. The number of nitrogens with zero attached hydrogens (tertiary/aromatic N) is 1. The zero-order chi connectivity index (χ0) is 18.5. The maximum absolute atomic E-state index is 12.6. The number of pyridine rings is 1. The summed E-state index contributed by atoms with van der Waals surface area (Å²) in [5, 5.41) is 6.92. The number of carbonyl (C=O) groups is 1. The molecule has 1 aromatic heterocycles. The van der Waals surface area contributed by atoms with Crippen LogP contribution in [0, 0.1) is 11.8 Å². The summed E-state index contributed by atoms with van der Waals surface area (Å²) in [4.78, 5) is 16.5. The third-order valence-corrected chi connectivity index (χ3v) is 5.41. The van der Waals surface area contributed by atoms with E-state index >= 15 is 0 Å². The van der Waals surface area contributed by atoms with E-state index in [9.17, 15) is 4.79 Å². The third-order valence-electron chi connectivity index (χ3n) is 5.41. The van der Waals surface area contributed by atoms with Gasteiger partial charge in [-0.1, -0.05) is 24.7 Å². The lowest BCUT2D eigenvalue weighted by Gasteiger charge is -2.31. The first kappa shape index (κ1) is 17.8. The van der Waals surface area contributed by atoms with E-state index in [1.807, 2.05) is 36.4 Å². The zero-order valence-corrected chi connectivity index (χ0v) is 15.5. The zero-order valence-electron chi connectivity index (χ0n) is 15.5. The second-order valence-corrected chi connectivity index (χ2v) is 7.65. The van der Waals surface area contributed by atoms with Crippen LogP contribution >= 0.6 is 0 Å². The minimum atomic E-state index is -0.00693. The molecule has 138 valence electrons. The van der Waals surface area contributed by atoms with Gasteiger partial charge in [-0.3, -0.25) is 9.78 Å². The molecule has 2 aliphatic carbocycles. The number of nitrogens with one attached hydrogen (secondary N) is 2. The van der Waals surface area contributed by atoms with Gasteiger partial charge in [-0.2, -0.15) is 0 Å². The molecule has 1 heterocycles. The van der Waals surface area contributed by atoms with Crippen molar-refractivity contribution in [2.75, 3.05) is 6.54 Å². The number of hydrogen-bond donors (Lipinski definition) is 2. The summed E-state index contributed by atoms with van der Waals surface area (Å²) in [5.74, 6) is 6.21. The highest BCUT2D eigenvalue weighted by Crippen LogP contribution is 2.33. The maximum Gasteiger partial charge on any atom is 0.251 e. The fourth-order valence-corrected chi connectivity index (χ4v) is 3.72. The Morgan fingerprint density at radius 1 is 1.00 bits per heavy atom. The van der Waals surface area contributed by atoms with E-state index in [4.69, 9.17) is 0 Å². The van der Waals surface area contributed by atoms with E-state index in [0.717, 1.165) is 24.0 Å². The molecule has 0 aliphatic heterocycles. The maximum atomic E-state index is 12.6. The molecule has 0 bridgehead atoms. The highest BCUT2D eigenvalue weighted by molar-refractivity contribution is 5.94. The molecule has 4 heteroatoms. The Bertz CT molecular complexity index is 839. The lowest BCUT2D eigenvalue weighted by Crippen LogP contribution is -2.52. The predicted molar refractivity (Wildman–Crippen MR) is 106 cm³/mol. The molecule has 2 saturated carbocycles. The smallest absolute Gasteiger partial charge is 0.251 e. The number of carbonyl (C=O) groups excluding carboxylic acids is 1. The van der Waals surface area contributed by atoms with E-state index in [-0.39, 0.29) is 11.4 Å². The van der Waals surface area contributed by atoms with Crippen LogP contribution in [0.3, 0.4) is 0 Å². The fourth-order valence-electron chi connectivity index (χ4n) is 3.72. The second kappa shape index (κ2) is 7.94. The summed E-state index contributed by atoms with van der Waals surface area (Å²) in [6, 6.07) is 11.9. The molecule has 4 rings (SSSR count). The monoisotopic (exact) mass is 359 g/mol. The van der Waals surface area contributed by atoms with Crippen LogP contribution in [0.25, 0.3) is 0 Å². The first-order valence-corrected chi connectivity index (χ1v) is 9.81. The van der Waals surface area contributed by atoms with Crippen LogP contribution < -0.4 is 10.6 Å². The van der Waals surface area contributed by atoms with Gasteiger partial charge < -0.3 is 10.6 Å². The predicted octanol–water partition coefficient (Wildman–Crippen LogP) is 3.28. The van der Waals surface area contributed by atoms with Crippen molar-refractivity contribution in [3.63, 3.8) is 0 Å². The minimum Gasteiger partial charge on any atom is -0.350 e. The Hall–Kier alpha value is -2.64. The van der Waals surface area contributed by atoms with Crippen molar-refractivity contribution >= 4 is 5.91 Å². The van der Waals surface area contributed by atoms with Gasteiger partial charge >= 0.3 is 0 Å². The highest BCUT2D eigenvalue weighted by atomic mass is 16.1. The largest absolute Gasteiger partial charge is 0.350 e. The number of amides is 1. The summed E-state index contributed by atoms with van der Waals surface area (Å²) in [6.45, 7) is 0.714. The molecule has 2 aromatic rings. The Labute approximate surface area is 160 Å². The summed E-state index contributed by atoms with van der Waals surface area (Å²) in [6.07, 6.45) is 10.8. The molecule has 0 unspecified atom stereocenters. The molecule has 0 radical (unpaired) electrons. The van der Waals surface area contributed by atoms with Crippen LogP contribution in [0.1, 0.15) is 60.0 Å². The topological polar surface area (TPSA) is 54.0 Å². The molecule has 2 aliphatic rings. The summed E-state index contributed by atoms with van der Waals surface area (Å²) in [7, 11) is 0. The van der Waals surface area contributed by atoms with Gasteiger partial charge in [-0.15, -0.1) is 0 Å². The van der Waals surface area contributed by atoms with Crippen molar-refractivity contribution in [3.05, 3.63) is 65.5 Å². The number of rotatable bonds is 5. The van der Waals surface area contributed by atoms with E-state index in [1.54, 1.807) is 12.4 Å². The van der Waals surface area contributed by atoms with E-state index in [1.165, 1.54) is 25.7 Å². The van der Waals surface area contributed by atoms with Crippen molar-refractivity contribution in [1.29, 1.82) is 0 Å². The van der Waals surface area contributed by atoms with Gasteiger partial charge in [-0.25, -0.2) is 0 Å². The molecular weight excluding hydrogens is 334 g/mol. The number of benzene rings is 1. The van der Waals surface area contributed by atoms with Crippen LogP contribution in [0.15, 0.2) is 48.8 Å². The van der Waals surface area contributed by atoms with Crippen LogP contribution in [-0.4, -0.2) is 29.0 Å². The molecular formula is C23H25N3O. The summed E-state index contributed by atoms with van der Waals surface area (Å²) >= 11 is 0. The van der Waals surface area contributed by atoms with Gasteiger partial charge in [0.15, 0.2) is 0 Å². The van der Waals surface area contributed by atoms with Crippen LogP contribution in [0.4, 0.5) is 0 Å². The Morgan fingerprint density at radius 2 is 1.63 bits per heavy atom. The summed E-state index contributed by atoms with van der Waals surface area (Å²) in [5.41, 5.74) is 2.61. The summed E-state index contributed by atoms with van der Waals surface area (Å²) < 4.78 is 0. The van der Waals surface area contributed by atoms with Gasteiger partial charge in [0, 0.05) is 47.2 Å². The molecule has 4 nitrogen and oxygen atoms in total. The molecule has 0 atom stereocenters. The Morgan fingerprint density at radius 3 is 2.26 bits per heavy atom. The minimum absolute atomic E-state index is 0.00693. The van der Waals surface area contributed by atoms with Crippen molar-refractivity contribution in [3.8, 4) is 11.8 Å². The molecule has 0 saturated heterocycles.